The summed E-state index contributed by atoms with van der Waals surface area (Å²) in [6.45, 7) is 0. The Morgan fingerprint density at radius 3 is 2.53 bits per heavy atom. The molecule has 82 valence electrons. The molecular formula is C16H13N. The van der Waals surface area contributed by atoms with E-state index in [0.717, 1.165) is 23.4 Å². The number of rotatable bonds is 1. The van der Waals surface area contributed by atoms with Crippen molar-refractivity contribution in [2.75, 3.05) is 0 Å². The minimum Gasteiger partial charge on any atom is -0.248 e. The maximum absolute atomic E-state index is 4.71. The molecule has 0 amide bonds. The summed E-state index contributed by atoms with van der Waals surface area (Å²) in [5.74, 6) is 0. The van der Waals surface area contributed by atoms with Gasteiger partial charge in [0.15, 0.2) is 0 Å². The normalized spacial score (nSPS) is 13.2. The van der Waals surface area contributed by atoms with Crippen molar-refractivity contribution in [2.24, 2.45) is 0 Å². The Morgan fingerprint density at radius 1 is 0.824 bits per heavy atom. The third-order valence-corrected chi connectivity index (χ3v) is 2.87. The van der Waals surface area contributed by atoms with E-state index in [-0.39, 0.29) is 0 Å². The molecule has 0 atom stereocenters. The first kappa shape index (κ1) is 10.0. The first-order valence-electron chi connectivity index (χ1n) is 5.83. The molecule has 0 saturated carbocycles. The molecule has 0 spiro atoms. The molecule has 17 heavy (non-hydrogen) atoms. The van der Waals surface area contributed by atoms with Gasteiger partial charge < -0.3 is 0 Å². The van der Waals surface area contributed by atoms with Crippen molar-refractivity contribution in [3.63, 3.8) is 0 Å². The SMILES string of the molecule is C1=Cc2ccc(-c3ccccc3)nc2C=CC1. The van der Waals surface area contributed by atoms with Gasteiger partial charge in [-0.2, -0.15) is 0 Å². The Bertz CT molecular complexity index is 580. The van der Waals surface area contributed by atoms with Crippen molar-refractivity contribution >= 4 is 12.2 Å². The molecule has 1 aliphatic carbocycles. The summed E-state index contributed by atoms with van der Waals surface area (Å²) in [7, 11) is 0. The molecule has 0 fully saturated rings. The number of allylic oxidation sites excluding steroid dienone is 2. The molecule has 1 aliphatic rings. The predicted molar refractivity (Wildman–Crippen MR) is 72.4 cm³/mol. The second-order valence-corrected chi connectivity index (χ2v) is 4.08. The Balaban J connectivity index is 2.10. The summed E-state index contributed by atoms with van der Waals surface area (Å²) < 4.78 is 0. The Morgan fingerprint density at radius 2 is 1.65 bits per heavy atom. The van der Waals surface area contributed by atoms with Gasteiger partial charge in [-0.05, 0) is 24.1 Å². The number of benzene rings is 1. The van der Waals surface area contributed by atoms with Gasteiger partial charge in [0.05, 0.1) is 11.4 Å². The largest absolute Gasteiger partial charge is 0.248 e. The molecule has 1 aromatic heterocycles. The van der Waals surface area contributed by atoms with E-state index < -0.39 is 0 Å². The van der Waals surface area contributed by atoms with Crippen LogP contribution in [0.1, 0.15) is 17.7 Å². The summed E-state index contributed by atoms with van der Waals surface area (Å²) >= 11 is 0. The topological polar surface area (TPSA) is 12.9 Å². The van der Waals surface area contributed by atoms with E-state index in [1.165, 1.54) is 5.56 Å². The first-order valence-corrected chi connectivity index (χ1v) is 5.83. The third kappa shape index (κ3) is 2.04. The monoisotopic (exact) mass is 219 g/mol. The third-order valence-electron chi connectivity index (χ3n) is 2.87. The van der Waals surface area contributed by atoms with E-state index >= 15 is 0 Å². The number of nitrogens with zero attached hydrogens (tertiary/aromatic N) is 1. The number of fused-ring (bicyclic) bond motifs is 1. The van der Waals surface area contributed by atoms with Gasteiger partial charge in [0.25, 0.3) is 0 Å². The van der Waals surface area contributed by atoms with Crippen LogP contribution in [0.2, 0.25) is 0 Å². The van der Waals surface area contributed by atoms with Crippen LogP contribution in [-0.4, -0.2) is 4.98 Å². The molecule has 2 aromatic rings. The van der Waals surface area contributed by atoms with Crippen molar-refractivity contribution in [3.05, 3.63) is 65.9 Å². The molecule has 3 rings (SSSR count). The second kappa shape index (κ2) is 4.38. The molecule has 1 heterocycles. The highest BCUT2D eigenvalue weighted by molar-refractivity contribution is 5.69. The minimum atomic E-state index is 0.983. The smallest absolute Gasteiger partial charge is 0.0709 e. The summed E-state index contributed by atoms with van der Waals surface area (Å²) in [6, 6.07) is 14.5. The maximum Gasteiger partial charge on any atom is 0.0709 e. The van der Waals surface area contributed by atoms with Crippen LogP contribution >= 0.6 is 0 Å². The molecule has 0 saturated heterocycles. The zero-order valence-electron chi connectivity index (χ0n) is 9.51. The van der Waals surface area contributed by atoms with Gasteiger partial charge in [0.1, 0.15) is 0 Å². The number of pyridine rings is 1. The summed E-state index contributed by atoms with van der Waals surface area (Å²) in [5, 5.41) is 0. The molecular weight excluding hydrogens is 206 g/mol. The van der Waals surface area contributed by atoms with Crippen LogP contribution < -0.4 is 0 Å². The first-order chi connectivity index (χ1) is 8.43. The molecule has 0 radical (unpaired) electrons. The Labute approximate surface area is 101 Å². The van der Waals surface area contributed by atoms with E-state index in [9.17, 15) is 0 Å². The Hall–Kier alpha value is -2.15. The minimum absolute atomic E-state index is 0.983. The molecule has 0 bridgehead atoms. The van der Waals surface area contributed by atoms with E-state index in [1.807, 2.05) is 18.2 Å². The van der Waals surface area contributed by atoms with Gasteiger partial charge >= 0.3 is 0 Å². The highest BCUT2D eigenvalue weighted by atomic mass is 14.7. The fraction of sp³-hybridized carbons (Fsp3) is 0.0625. The lowest BCUT2D eigenvalue weighted by Crippen LogP contribution is -1.89. The highest BCUT2D eigenvalue weighted by Gasteiger charge is 2.04. The molecule has 0 unspecified atom stereocenters. The van der Waals surface area contributed by atoms with Crippen molar-refractivity contribution < 1.29 is 0 Å². The van der Waals surface area contributed by atoms with Crippen molar-refractivity contribution in [3.8, 4) is 11.3 Å². The van der Waals surface area contributed by atoms with Gasteiger partial charge in [0.2, 0.25) is 0 Å². The second-order valence-electron chi connectivity index (χ2n) is 4.08. The lowest BCUT2D eigenvalue weighted by atomic mass is 10.1. The van der Waals surface area contributed by atoms with Crippen molar-refractivity contribution in [2.45, 2.75) is 6.42 Å². The van der Waals surface area contributed by atoms with E-state index in [2.05, 4.69) is 48.6 Å². The molecule has 1 heteroatoms. The Kier molecular flexibility index (Phi) is 2.59. The van der Waals surface area contributed by atoms with Crippen LogP contribution in [0, 0.1) is 0 Å². The quantitative estimate of drug-likeness (QED) is 0.701. The van der Waals surface area contributed by atoms with Gasteiger partial charge in [-0.3, -0.25) is 0 Å². The summed E-state index contributed by atoms with van der Waals surface area (Å²) in [5.41, 5.74) is 4.44. The molecule has 0 N–H and O–H groups in total. The number of hydrogen-bond acceptors (Lipinski definition) is 1. The van der Waals surface area contributed by atoms with E-state index in [4.69, 9.17) is 4.98 Å². The standard InChI is InChI=1S/C16H13N/c1-3-7-13(8-4-1)16-12-11-14-9-5-2-6-10-15(14)17-16/h1,3-12H,2H2. The van der Waals surface area contributed by atoms with Crippen LogP contribution in [0.4, 0.5) is 0 Å². The highest BCUT2D eigenvalue weighted by Crippen LogP contribution is 2.21. The average Bonchev–Trinajstić information content (AvgIpc) is 2.64. The van der Waals surface area contributed by atoms with Crippen LogP contribution in [0.15, 0.2) is 54.6 Å². The van der Waals surface area contributed by atoms with Gasteiger partial charge in [0, 0.05) is 5.56 Å². The average molecular weight is 219 g/mol. The fourth-order valence-corrected chi connectivity index (χ4v) is 1.98. The maximum atomic E-state index is 4.71. The van der Waals surface area contributed by atoms with E-state index in [1.54, 1.807) is 0 Å². The zero-order chi connectivity index (χ0) is 11.5. The zero-order valence-corrected chi connectivity index (χ0v) is 9.51. The molecule has 0 aliphatic heterocycles. The van der Waals surface area contributed by atoms with Crippen molar-refractivity contribution in [1.29, 1.82) is 0 Å². The van der Waals surface area contributed by atoms with Crippen LogP contribution in [0.25, 0.3) is 23.4 Å². The molecule has 1 aromatic carbocycles. The van der Waals surface area contributed by atoms with Crippen LogP contribution in [0.3, 0.4) is 0 Å². The lowest BCUT2D eigenvalue weighted by molar-refractivity contribution is 1.28. The van der Waals surface area contributed by atoms with Gasteiger partial charge in [-0.1, -0.05) is 54.6 Å². The number of aromatic nitrogens is 1. The predicted octanol–water partition coefficient (Wildman–Crippen LogP) is 4.18. The van der Waals surface area contributed by atoms with Crippen molar-refractivity contribution in [1.82, 2.24) is 4.98 Å². The van der Waals surface area contributed by atoms with E-state index in [0.29, 0.717) is 0 Å². The summed E-state index contributed by atoms with van der Waals surface area (Å²) in [4.78, 5) is 4.71. The molecule has 1 nitrogen and oxygen atoms in total. The van der Waals surface area contributed by atoms with Crippen LogP contribution in [0.5, 0.6) is 0 Å². The summed E-state index contributed by atoms with van der Waals surface area (Å²) in [6.07, 6.45) is 9.52. The fourth-order valence-electron chi connectivity index (χ4n) is 1.98. The number of hydrogen-bond donors (Lipinski definition) is 0. The van der Waals surface area contributed by atoms with Crippen LogP contribution in [-0.2, 0) is 0 Å². The van der Waals surface area contributed by atoms with Gasteiger partial charge in [-0.15, -0.1) is 0 Å². The lowest BCUT2D eigenvalue weighted by Gasteiger charge is -2.04. The van der Waals surface area contributed by atoms with Gasteiger partial charge in [-0.25, -0.2) is 4.98 Å².